The lowest BCUT2D eigenvalue weighted by atomic mass is 9.95. The van der Waals surface area contributed by atoms with Gasteiger partial charge in [-0.1, -0.05) is 127 Å². The normalized spacial score (nSPS) is 11.7. The molecule has 228 valence electrons. The Morgan fingerprint density at radius 1 is 0.347 bits per heavy atom. The molecule has 0 spiro atoms. The van der Waals surface area contributed by atoms with E-state index in [-0.39, 0.29) is 0 Å². The molecule has 0 aliphatic carbocycles. The average Bonchev–Trinajstić information content (AvgIpc) is 3.55. The summed E-state index contributed by atoms with van der Waals surface area (Å²) in [7, 11) is 0. The summed E-state index contributed by atoms with van der Waals surface area (Å²) >= 11 is 0. The Morgan fingerprint density at radius 3 is 1.43 bits per heavy atom. The largest absolute Gasteiger partial charge is 0.456 e. The van der Waals surface area contributed by atoms with Crippen LogP contribution < -0.4 is 0 Å². The second-order valence-electron chi connectivity index (χ2n) is 12.6. The average molecular weight is 625 g/mol. The van der Waals surface area contributed by atoms with Gasteiger partial charge < -0.3 is 4.42 Å². The monoisotopic (exact) mass is 624 g/mol. The van der Waals surface area contributed by atoms with Crippen molar-refractivity contribution in [3.05, 3.63) is 170 Å². The topological polar surface area (TPSA) is 38.9 Å². The van der Waals surface area contributed by atoms with Crippen LogP contribution in [0.15, 0.2) is 174 Å². The van der Waals surface area contributed by atoms with E-state index in [0.717, 1.165) is 61.1 Å². The number of benzene rings is 8. The molecule has 49 heavy (non-hydrogen) atoms. The standard InChI is InChI=1S/C46H28N2O/c1-4-12-32-23-35(20-17-29(32)9-1)40-26-38(27-44-45(40)39-15-7-8-16-43(39)49-44)46-47-41(36-21-18-30-10-2-5-13-33(30)24-36)28-42(48-46)37-22-19-31-11-3-6-14-34(31)25-37/h1-28H. The van der Waals surface area contributed by atoms with Gasteiger partial charge >= 0.3 is 0 Å². The number of hydrogen-bond donors (Lipinski definition) is 0. The third-order valence-corrected chi connectivity index (χ3v) is 9.61. The molecule has 0 bridgehead atoms. The van der Waals surface area contributed by atoms with Crippen molar-refractivity contribution in [3.63, 3.8) is 0 Å². The van der Waals surface area contributed by atoms with Crippen molar-refractivity contribution in [2.45, 2.75) is 0 Å². The molecule has 0 amide bonds. The number of fused-ring (bicyclic) bond motifs is 6. The maximum atomic E-state index is 6.53. The molecule has 2 aromatic heterocycles. The van der Waals surface area contributed by atoms with E-state index >= 15 is 0 Å². The molecule has 0 atom stereocenters. The van der Waals surface area contributed by atoms with Gasteiger partial charge in [-0.3, -0.25) is 0 Å². The highest BCUT2D eigenvalue weighted by molar-refractivity contribution is 6.14. The highest BCUT2D eigenvalue weighted by Gasteiger charge is 2.18. The molecule has 10 aromatic rings. The summed E-state index contributed by atoms with van der Waals surface area (Å²) in [5.74, 6) is 0.651. The number of nitrogens with zero attached hydrogens (tertiary/aromatic N) is 2. The molecular formula is C46H28N2O. The lowest BCUT2D eigenvalue weighted by Gasteiger charge is -2.13. The lowest BCUT2D eigenvalue weighted by molar-refractivity contribution is 0.669. The predicted molar refractivity (Wildman–Crippen MR) is 204 cm³/mol. The molecule has 3 heteroatoms. The van der Waals surface area contributed by atoms with Crippen LogP contribution in [0.3, 0.4) is 0 Å². The van der Waals surface area contributed by atoms with Gasteiger partial charge in [0, 0.05) is 27.5 Å². The molecule has 0 saturated carbocycles. The molecule has 3 nitrogen and oxygen atoms in total. The Kier molecular flexibility index (Phi) is 6.18. The minimum Gasteiger partial charge on any atom is -0.456 e. The van der Waals surface area contributed by atoms with Gasteiger partial charge in [0.15, 0.2) is 5.82 Å². The van der Waals surface area contributed by atoms with Crippen molar-refractivity contribution in [2.24, 2.45) is 0 Å². The smallest absolute Gasteiger partial charge is 0.160 e. The van der Waals surface area contributed by atoms with Gasteiger partial charge in [-0.15, -0.1) is 0 Å². The van der Waals surface area contributed by atoms with Crippen LogP contribution in [0.25, 0.3) is 99.3 Å². The second-order valence-corrected chi connectivity index (χ2v) is 12.6. The fourth-order valence-corrected chi connectivity index (χ4v) is 7.14. The van der Waals surface area contributed by atoms with Gasteiger partial charge in [-0.2, -0.15) is 0 Å². The summed E-state index contributed by atoms with van der Waals surface area (Å²) in [6.45, 7) is 0. The van der Waals surface area contributed by atoms with Crippen LogP contribution >= 0.6 is 0 Å². The van der Waals surface area contributed by atoms with Crippen molar-refractivity contribution < 1.29 is 4.42 Å². The van der Waals surface area contributed by atoms with Crippen molar-refractivity contribution in [2.75, 3.05) is 0 Å². The number of furan rings is 1. The van der Waals surface area contributed by atoms with Gasteiger partial charge in [-0.25, -0.2) is 9.97 Å². The fraction of sp³-hybridized carbons (Fsp3) is 0. The predicted octanol–water partition coefficient (Wildman–Crippen LogP) is 12.5. The maximum Gasteiger partial charge on any atom is 0.160 e. The van der Waals surface area contributed by atoms with E-state index in [1.54, 1.807) is 0 Å². The molecule has 2 heterocycles. The number of aromatic nitrogens is 2. The van der Waals surface area contributed by atoms with E-state index in [1.165, 1.54) is 32.3 Å². The Hall–Kier alpha value is -6.58. The SMILES string of the molecule is c1ccc2cc(-c3cc(-c4ccc5ccccc5c4)nc(-c4cc(-c5ccc6ccccc6c5)c5c(c4)oc4ccccc45)n3)ccc2c1. The van der Waals surface area contributed by atoms with E-state index in [9.17, 15) is 0 Å². The molecule has 0 radical (unpaired) electrons. The van der Waals surface area contributed by atoms with Crippen molar-refractivity contribution in [3.8, 4) is 45.0 Å². The van der Waals surface area contributed by atoms with E-state index in [1.807, 2.05) is 12.1 Å². The quantitative estimate of drug-likeness (QED) is 0.196. The first-order chi connectivity index (χ1) is 24.2. The van der Waals surface area contributed by atoms with Crippen LogP contribution in [0.2, 0.25) is 0 Å². The number of hydrogen-bond acceptors (Lipinski definition) is 3. The first kappa shape index (κ1) is 27.5. The van der Waals surface area contributed by atoms with Crippen LogP contribution in [0.1, 0.15) is 0 Å². The van der Waals surface area contributed by atoms with E-state index < -0.39 is 0 Å². The molecule has 0 aliphatic heterocycles. The third kappa shape index (κ3) is 4.75. The zero-order chi connectivity index (χ0) is 32.3. The maximum absolute atomic E-state index is 6.53. The minimum absolute atomic E-state index is 0.651. The second kappa shape index (κ2) is 11.0. The van der Waals surface area contributed by atoms with Crippen LogP contribution in [0, 0.1) is 0 Å². The summed E-state index contributed by atoms with van der Waals surface area (Å²) in [5, 5.41) is 9.34. The molecule has 8 aromatic carbocycles. The number of rotatable bonds is 4. The molecule has 0 saturated heterocycles. The van der Waals surface area contributed by atoms with Gasteiger partial charge in [0.05, 0.1) is 11.4 Å². The van der Waals surface area contributed by atoms with Crippen LogP contribution in [-0.4, -0.2) is 9.97 Å². The summed E-state index contributed by atoms with van der Waals surface area (Å²) in [5.41, 5.74) is 8.62. The lowest BCUT2D eigenvalue weighted by Crippen LogP contribution is -1.97. The first-order valence-corrected chi connectivity index (χ1v) is 16.6. The zero-order valence-corrected chi connectivity index (χ0v) is 26.5. The number of para-hydroxylation sites is 1. The molecule has 0 fully saturated rings. The molecule has 10 rings (SSSR count). The fourth-order valence-electron chi connectivity index (χ4n) is 7.14. The van der Waals surface area contributed by atoms with Gasteiger partial charge in [0.2, 0.25) is 0 Å². The van der Waals surface area contributed by atoms with Crippen LogP contribution in [0.5, 0.6) is 0 Å². The summed E-state index contributed by atoms with van der Waals surface area (Å²) in [6.07, 6.45) is 0. The van der Waals surface area contributed by atoms with Crippen molar-refractivity contribution in [1.29, 1.82) is 0 Å². The highest BCUT2D eigenvalue weighted by atomic mass is 16.3. The zero-order valence-electron chi connectivity index (χ0n) is 26.5. The molecule has 0 unspecified atom stereocenters. The summed E-state index contributed by atoms with van der Waals surface area (Å²) < 4.78 is 6.53. The molecule has 0 N–H and O–H groups in total. The molecular weight excluding hydrogens is 597 g/mol. The van der Waals surface area contributed by atoms with Gasteiger partial charge in [0.25, 0.3) is 0 Å². The van der Waals surface area contributed by atoms with Gasteiger partial charge in [0.1, 0.15) is 11.2 Å². The van der Waals surface area contributed by atoms with E-state index in [4.69, 9.17) is 14.4 Å². The van der Waals surface area contributed by atoms with Crippen LogP contribution in [-0.2, 0) is 0 Å². The minimum atomic E-state index is 0.651. The van der Waals surface area contributed by atoms with Crippen LogP contribution in [0.4, 0.5) is 0 Å². The van der Waals surface area contributed by atoms with E-state index in [0.29, 0.717) is 5.82 Å². The van der Waals surface area contributed by atoms with Crippen molar-refractivity contribution >= 4 is 54.3 Å². The summed E-state index contributed by atoms with van der Waals surface area (Å²) in [6, 6.07) is 59.8. The van der Waals surface area contributed by atoms with Gasteiger partial charge in [-0.05, 0) is 85.9 Å². The highest BCUT2D eigenvalue weighted by Crippen LogP contribution is 2.41. The van der Waals surface area contributed by atoms with Crippen molar-refractivity contribution in [1.82, 2.24) is 9.97 Å². The third-order valence-electron chi connectivity index (χ3n) is 9.61. The Balaban J connectivity index is 1.23. The Labute approximate surface area is 282 Å². The van der Waals surface area contributed by atoms with E-state index in [2.05, 4.69) is 158 Å². The summed E-state index contributed by atoms with van der Waals surface area (Å²) in [4.78, 5) is 10.5. The molecule has 0 aliphatic rings. The Morgan fingerprint density at radius 2 is 0.837 bits per heavy atom. The first-order valence-electron chi connectivity index (χ1n) is 16.6. The Bertz CT molecular complexity index is 2800.